The van der Waals surface area contributed by atoms with Crippen molar-refractivity contribution >= 4 is 17.3 Å². The summed E-state index contributed by atoms with van der Waals surface area (Å²) in [6.07, 6.45) is 1.15. The Morgan fingerprint density at radius 3 is 2.56 bits per heavy atom. The second kappa shape index (κ2) is 4.57. The van der Waals surface area contributed by atoms with Crippen LogP contribution in [0.4, 0.5) is 11.4 Å². The van der Waals surface area contributed by atoms with Crippen molar-refractivity contribution in [2.45, 2.75) is 13.8 Å². The fraction of sp³-hybridized carbons (Fsp3) is 0.182. The Bertz CT molecular complexity index is 467. The molecule has 0 radical (unpaired) electrons. The number of aryl methyl sites for hydroxylation is 2. The zero-order valence-corrected chi connectivity index (χ0v) is 9.11. The van der Waals surface area contributed by atoms with Gasteiger partial charge in [0.05, 0.1) is 4.92 Å². The number of rotatable bonds is 3. The molecule has 0 atom stereocenters. The lowest BCUT2D eigenvalue weighted by Gasteiger charge is -2.07. The number of nitrogens with zero attached hydrogens (tertiary/aromatic N) is 1. The Hall–Kier alpha value is -2.17. The van der Waals surface area contributed by atoms with Crippen molar-refractivity contribution in [3.05, 3.63) is 46.0 Å². The third kappa shape index (κ3) is 2.44. The molecule has 0 bridgehead atoms. The quantitative estimate of drug-likeness (QED) is 0.482. The molecular weight excluding hydrogens is 208 g/mol. The first-order chi connectivity index (χ1) is 7.45. The van der Waals surface area contributed by atoms with Crippen LogP contribution in [0, 0.1) is 24.0 Å². The standard InChI is InChI=1S/C11H12N2O3/c1-4-11(14)12-9-5-8(3)10(13(15)16)6-7(9)2/h4-6H,1H2,2-3H3,(H,12,14). The zero-order valence-electron chi connectivity index (χ0n) is 9.11. The highest BCUT2D eigenvalue weighted by Crippen LogP contribution is 2.25. The minimum atomic E-state index is -0.443. The molecule has 0 aliphatic rings. The summed E-state index contributed by atoms with van der Waals surface area (Å²) >= 11 is 0. The highest BCUT2D eigenvalue weighted by molar-refractivity contribution is 5.99. The van der Waals surface area contributed by atoms with Crippen molar-refractivity contribution in [2.75, 3.05) is 5.32 Å². The Balaban J connectivity index is 3.15. The number of benzene rings is 1. The molecule has 84 valence electrons. The summed E-state index contributed by atoms with van der Waals surface area (Å²) in [4.78, 5) is 21.3. The summed E-state index contributed by atoms with van der Waals surface area (Å²) in [5.41, 5.74) is 1.77. The number of nitro groups is 1. The Kier molecular flexibility index (Phi) is 3.40. The van der Waals surface area contributed by atoms with Gasteiger partial charge in [0.15, 0.2) is 0 Å². The van der Waals surface area contributed by atoms with Gasteiger partial charge in [0.25, 0.3) is 5.69 Å². The summed E-state index contributed by atoms with van der Waals surface area (Å²) in [7, 11) is 0. The molecule has 0 saturated heterocycles. The minimum Gasteiger partial charge on any atom is -0.322 e. The van der Waals surface area contributed by atoms with Crippen LogP contribution in [-0.2, 0) is 4.79 Å². The molecule has 0 spiro atoms. The molecule has 5 nitrogen and oxygen atoms in total. The largest absolute Gasteiger partial charge is 0.322 e. The van der Waals surface area contributed by atoms with Crippen LogP contribution < -0.4 is 5.32 Å². The molecule has 1 aromatic carbocycles. The lowest BCUT2D eigenvalue weighted by molar-refractivity contribution is -0.385. The normalized spacial score (nSPS) is 9.62. The lowest BCUT2D eigenvalue weighted by Crippen LogP contribution is -2.09. The summed E-state index contributed by atoms with van der Waals surface area (Å²) in [6.45, 7) is 6.66. The van der Waals surface area contributed by atoms with Crippen LogP contribution in [0.25, 0.3) is 0 Å². The lowest BCUT2D eigenvalue weighted by atomic mass is 10.1. The molecule has 0 unspecified atom stereocenters. The highest BCUT2D eigenvalue weighted by Gasteiger charge is 2.13. The summed E-state index contributed by atoms with van der Waals surface area (Å²) in [5.74, 6) is -0.337. The molecular formula is C11H12N2O3. The van der Waals surface area contributed by atoms with Crippen molar-refractivity contribution in [2.24, 2.45) is 0 Å². The van der Waals surface area contributed by atoms with E-state index in [-0.39, 0.29) is 11.6 Å². The highest BCUT2D eigenvalue weighted by atomic mass is 16.6. The van der Waals surface area contributed by atoms with E-state index in [0.29, 0.717) is 16.8 Å². The molecule has 16 heavy (non-hydrogen) atoms. The maximum absolute atomic E-state index is 11.1. The Morgan fingerprint density at radius 1 is 1.44 bits per heavy atom. The molecule has 0 aromatic heterocycles. The number of amides is 1. The first kappa shape index (κ1) is 11.9. The van der Waals surface area contributed by atoms with Crippen LogP contribution in [0.2, 0.25) is 0 Å². The summed E-state index contributed by atoms with van der Waals surface area (Å²) < 4.78 is 0. The van der Waals surface area contributed by atoms with Gasteiger partial charge < -0.3 is 5.32 Å². The van der Waals surface area contributed by atoms with Gasteiger partial charge in [0.2, 0.25) is 5.91 Å². The molecule has 0 fully saturated rings. The fourth-order valence-corrected chi connectivity index (χ4v) is 1.32. The summed E-state index contributed by atoms with van der Waals surface area (Å²) in [5, 5.41) is 13.3. The molecule has 5 heteroatoms. The monoisotopic (exact) mass is 220 g/mol. The van der Waals surface area contributed by atoms with E-state index in [1.807, 2.05) is 0 Å². The van der Waals surface area contributed by atoms with E-state index in [9.17, 15) is 14.9 Å². The van der Waals surface area contributed by atoms with E-state index in [1.54, 1.807) is 19.9 Å². The number of carbonyl (C=O) groups excluding carboxylic acids is 1. The van der Waals surface area contributed by atoms with Crippen LogP contribution in [0.3, 0.4) is 0 Å². The smallest absolute Gasteiger partial charge is 0.272 e. The van der Waals surface area contributed by atoms with Crippen LogP contribution >= 0.6 is 0 Å². The third-order valence-corrected chi connectivity index (χ3v) is 2.18. The number of carbonyl (C=O) groups is 1. The van der Waals surface area contributed by atoms with Gasteiger partial charge in [-0.15, -0.1) is 0 Å². The van der Waals surface area contributed by atoms with Gasteiger partial charge in [-0.25, -0.2) is 0 Å². The van der Waals surface area contributed by atoms with Crippen molar-refractivity contribution in [1.82, 2.24) is 0 Å². The first-order valence-electron chi connectivity index (χ1n) is 4.64. The van der Waals surface area contributed by atoms with Gasteiger partial charge in [0, 0.05) is 17.3 Å². The molecule has 1 amide bonds. The Labute approximate surface area is 92.9 Å². The number of anilines is 1. The van der Waals surface area contributed by atoms with Crippen LogP contribution in [0.15, 0.2) is 24.8 Å². The predicted octanol–water partition coefficient (Wildman–Crippen LogP) is 2.34. The van der Waals surface area contributed by atoms with Crippen LogP contribution in [-0.4, -0.2) is 10.8 Å². The van der Waals surface area contributed by atoms with Crippen molar-refractivity contribution in [1.29, 1.82) is 0 Å². The SMILES string of the molecule is C=CC(=O)Nc1cc(C)c([N+](=O)[O-])cc1C. The average molecular weight is 220 g/mol. The van der Waals surface area contributed by atoms with Gasteiger partial charge in [-0.2, -0.15) is 0 Å². The van der Waals surface area contributed by atoms with E-state index in [2.05, 4.69) is 11.9 Å². The molecule has 1 N–H and O–H groups in total. The van der Waals surface area contributed by atoms with E-state index in [0.717, 1.165) is 6.08 Å². The van der Waals surface area contributed by atoms with Crippen LogP contribution in [0.1, 0.15) is 11.1 Å². The number of hydrogen-bond donors (Lipinski definition) is 1. The molecule has 0 aliphatic heterocycles. The van der Waals surface area contributed by atoms with Crippen LogP contribution in [0.5, 0.6) is 0 Å². The zero-order chi connectivity index (χ0) is 12.3. The first-order valence-corrected chi connectivity index (χ1v) is 4.64. The fourth-order valence-electron chi connectivity index (χ4n) is 1.32. The topological polar surface area (TPSA) is 72.2 Å². The average Bonchev–Trinajstić information content (AvgIpc) is 2.22. The molecule has 0 aliphatic carbocycles. The predicted molar refractivity (Wildman–Crippen MR) is 61.4 cm³/mol. The third-order valence-electron chi connectivity index (χ3n) is 2.18. The van der Waals surface area contributed by atoms with Gasteiger partial charge >= 0.3 is 0 Å². The number of nitro benzene ring substituents is 1. The van der Waals surface area contributed by atoms with Gasteiger partial charge in [-0.1, -0.05) is 6.58 Å². The van der Waals surface area contributed by atoms with Gasteiger partial charge in [0.1, 0.15) is 0 Å². The van der Waals surface area contributed by atoms with E-state index < -0.39 is 4.92 Å². The van der Waals surface area contributed by atoms with Crippen molar-refractivity contribution in [3.8, 4) is 0 Å². The second-order valence-corrected chi connectivity index (χ2v) is 3.40. The van der Waals surface area contributed by atoms with Crippen molar-refractivity contribution in [3.63, 3.8) is 0 Å². The van der Waals surface area contributed by atoms with E-state index >= 15 is 0 Å². The summed E-state index contributed by atoms with van der Waals surface area (Å²) in [6, 6.07) is 3.02. The van der Waals surface area contributed by atoms with E-state index in [4.69, 9.17) is 0 Å². The second-order valence-electron chi connectivity index (χ2n) is 3.40. The Morgan fingerprint density at radius 2 is 2.06 bits per heavy atom. The molecule has 1 rings (SSSR count). The minimum absolute atomic E-state index is 0.0501. The maximum atomic E-state index is 11.1. The molecule has 1 aromatic rings. The molecule has 0 saturated carbocycles. The number of nitrogens with one attached hydrogen (secondary N) is 1. The maximum Gasteiger partial charge on any atom is 0.272 e. The van der Waals surface area contributed by atoms with Crippen molar-refractivity contribution < 1.29 is 9.72 Å². The number of hydrogen-bond acceptors (Lipinski definition) is 3. The van der Waals surface area contributed by atoms with Gasteiger partial charge in [-0.3, -0.25) is 14.9 Å². The molecule has 0 heterocycles. The van der Waals surface area contributed by atoms with E-state index in [1.165, 1.54) is 6.07 Å². The van der Waals surface area contributed by atoms with Gasteiger partial charge in [-0.05, 0) is 31.6 Å².